The van der Waals surface area contributed by atoms with Gasteiger partial charge in [0.25, 0.3) is 0 Å². The van der Waals surface area contributed by atoms with Crippen LogP contribution >= 0.6 is 11.6 Å². The first-order valence-corrected chi connectivity index (χ1v) is 3.50. The quantitative estimate of drug-likeness (QED) is 0.457. The van der Waals surface area contributed by atoms with Crippen molar-refractivity contribution in [2.45, 2.75) is 0 Å². The second kappa shape index (κ2) is 3.43. The number of hydrogen-bond donors (Lipinski definition) is 3. The Bertz CT molecular complexity index is 386. The molecule has 0 bridgehead atoms. The summed E-state index contributed by atoms with van der Waals surface area (Å²) in [7, 11) is 0. The molecule has 0 radical (unpaired) electrons. The minimum Gasteiger partial charge on any atom is -0.395 e. The summed E-state index contributed by atoms with van der Waals surface area (Å²) in [4.78, 5) is 3.49. The molecule has 68 valence electrons. The second-order valence-corrected chi connectivity index (χ2v) is 2.48. The average molecular weight is 202 g/mol. The molecule has 0 amide bonds. The Morgan fingerprint density at radius 1 is 1.62 bits per heavy atom. The van der Waals surface area contributed by atoms with Gasteiger partial charge in [0.15, 0.2) is 17.3 Å². The third-order valence-electron chi connectivity index (χ3n) is 1.35. The third kappa shape index (κ3) is 1.47. The zero-order valence-electron chi connectivity index (χ0n) is 6.31. The number of nitriles is 1. The maximum absolute atomic E-state index is 13.1. The molecule has 1 heterocycles. The lowest BCUT2D eigenvalue weighted by molar-refractivity contribution is 0.629. The topological polar surface area (TPSA) is 101 Å². The Morgan fingerprint density at radius 3 is 2.69 bits per heavy atom. The summed E-state index contributed by atoms with van der Waals surface area (Å²) in [6.45, 7) is 0. The van der Waals surface area contributed by atoms with E-state index < -0.39 is 5.82 Å². The molecule has 1 aromatic heterocycles. The molecule has 0 spiro atoms. The van der Waals surface area contributed by atoms with Gasteiger partial charge < -0.3 is 11.2 Å². The summed E-state index contributed by atoms with van der Waals surface area (Å²) >= 11 is 5.51. The van der Waals surface area contributed by atoms with Crippen LogP contribution in [-0.4, -0.2) is 4.98 Å². The molecule has 13 heavy (non-hydrogen) atoms. The maximum Gasteiger partial charge on any atom is 0.191 e. The van der Waals surface area contributed by atoms with Crippen molar-refractivity contribution in [3.05, 3.63) is 16.5 Å². The van der Waals surface area contributed by atoms with Crippen LogP contribution < -0.4 is 17.0 Å². The Balaban J connectivity index is 3.48. The number of hydrazine groups is 1. The van der Waals surface area contributed by atoms with Crippen LogP contribution in [0.5, 0.6) is 0 Å². The van der Waals surface area contributed by atoms with Crippen LogP contribution in [0.2, 0.25) is 5.02 Å². The lowest BCUT2D eigenvalue weighted by Gasteiger charge is -2.05. The van der Waals surface area contributed by atoms with Gasteiger partial charge in [-0.05, 0) is 0 Å². The third-order valence-corrected chi connectivity index (χ3v) is 1.74. The molecular formula is C6H5ClFN5. The molecule has 0 aromatic carbocycles. The van der Waals surface area contributed by atoms with Gasteiger partial charge >= 0.3 is 0 Å². The molecule has 7 heteroatoms. The van der Waals surface area contributed by atoms with E-state index in [1.165, 1.54) is 0 Å². The molecule has 0 aliphatic carbocycles. The van der Waals surface area contributed by atoms with Crippen molar-refractivity contribution in [1.29, 1.82) is 5.26 Å². The summed E-state index contributed by atoms with van der Waals surface area (Å²) in [6, 6.07) is 1.65. The van der Waals surface area contributed by atoms with Crippen molar-refractivity contribution in [3.8, 4) is 6.07 Å². The number of hydrogen-bond acceptors (Lipinski definition) is 5. The van der Waals surface area contributed by atoms with E-state index in [0.717, 1.165) is 0 Å². The molecule has 0 aliphatic rings. The minimum atomic E-state index is -0.869. The zero-order valence-corrected chi connectivity index (χ0v) is 7.06. The van der Waals surface area contributed by atoms with Crippen LogP contribution in [0.1, 0.15) is 5.69 Å². The van der Waals surface area contributed by atoms with E-state index in [4.69, 9.17) is 28.4 Å². The second-order valence-electron chi connectivity index (χ2n) is 2.11. The number of nitrogens with two attached hydrogens (primary N) is 2. The molecule has 0 atom stereocenters. The number of nitrogens with zero attached hydrogens (tertiary/aromatic N) is 2. The fraction of sp³-hybridized carbons (Fsp3) is 0. The van der Waals surface area contributed by atoms with Gasteiger partial charge in [-0.1, -0.05) is 11.6 Å². The number of aromatic nitrogens is 1. The lowest BCUT2D eigenvalue weighted by Crippen LogP contribution is -2.13. The van der Waals surface area contributed by atoms with E-state index >= 15 is 0 Å². The van der Waals surface area contributed by atoms with Crippen LogP contribution in [-0.2, 0) is 0 Å². The lowest BCUT2D eigenvalue weighted by atomic mass is 10.3. The monoisotopic (exact) mass is 201 g/mol. The van der Waals surface area contributed by atoms with Gasteiger partial charge in [0.05, 0.1) is 5.69 Å². The van der Waals surface area contributed by atoms with E-state index in [2.05, 4.69) is 4.98 Å². The standard InChI is InChI=1S/C6H5ClFN5/c7-3-2(1-9)12-6(13-11)4(8)5(3)10/h11H2,(H3,10,12,13). The predicted octanol–water partition coefficient (Wildman–Crippen LogP) is 0.614. The van der Waals surface area contributed by atoms with Crippen molar-refractivity contribution < 1.29 is 4.39 Å². The van der Waals surface area contributed by atoms with Gasteiger partial charge in [-0.15, -0.1) is 0 Å². The number of halogens is 2. The Morgan fingerprint density at radius 2 is 2.23 bits per heavy atom. The molecule has 1 aromatic rings. The first kappa shape index (κ1) is 9.51. The molecule has 0 aliphatic heterocycles. The Kier molecular flexibility index (Phi) is 2.51. The van der Waals surface area contributed by atoms with Crippen molar-refractivity contribution in [2.75, 3.05) is 11.2 Å². The summed E-state index contributed by atoms with van der Waals surface area (Å²) in [5, 5.41) is 8.30. The first-order valence-electron chi connectivity index (χ1n) is 3.13. The van der Waals surface area contributed by atoms with Crippen molar-refractivity contribution in [3.63, 3.8) is 0 Å². The molecular weight excluding hydrogens is 197 g/mol. The summed E-state index contributed by atoms with van der Waals surface area (Å²) in [6.07, 6.45) is 0. The summed E-state index contributed by atoms with van der Waals surface area (Å²) < 4.78 is 13.1. The maximum atomic E-state index is 13.1. The van der Waals surface area contributed by atoms with Crippen LogP contribution in [0.25, 0.3) is 0 Å². The van der Waals surface area contributed by atoms with Gasteiger partial charge in [0, 0.05) is 0 Å². The molecule has 0 fully saturated rings. The Hall–Kier alpha value is -1.58. The predicted molar refractivity (Wildman–Crippen MR) is 46.1 cm³/mol. The van der Waals surface area contributed by atoms with Crippen LogP contribution in [0.4, 0.5) is 15.9 Å². The number of nitrogen functional groups attached to an aromatic ring is 2. The van der Waals surface area contributed by atoms with Gasteiger partial charge in [-0.3, -0.25) is 0 Å². The summed E-state index contributed by atoms with van der Waals surface area (Å²) in [5.74, 6) is 3.76. The highest BCUT2D eigenvalue weighted by atomic mass is 35.5. The smallest absolute Gasteiger partial charge is 0.191 e. The highest BCUT2D eigenvalue weighted by Gasteiger charge is 2.15. The normalized spacial score (nSPS) is 9.38. The Labute approximate surface area is 78.1 Å². The largest absolute Gasteiger partial charge is 0.395 e. The highest BCUT2D eigenvalue weighted by Crippen LogP contribution is 2.28. The van der Waals surface area contributed by atoms with Gasteiger partial charge in [0.1, 0.15) is 11.1 Å². The van der Waals surface area contributed by atoms with Gasteiger partial charge in [-0.25, -0.2) is 15.2 Å². The summed E-state index contributed by atoms with van der Waals surface area (Å²) in [5.41, 5.74) is 6.68. The molecule has 5 N–H and O–H groups in total. The highest BCUT2D eigenvalue weighted by molar-refractivity contribution is 6.34. The SMILES string of the molecule is N#Cc1nc(NN)c(F)c(N)c1Cl. The fourth-order valence-corrected chi connectivity index (χ4v) is 0.899. The molecule has 0 saturated heterocycles. The van der Waals surface area contributed by atoms with E-state index in [1.807, 2.05) is 5.43 Å². The van der Waals surface area contributed by atoms with Gasteiger partial charge in [-0.2, -0.15) is 5.26 Å². The van der Waals surface area contributed by atoms with Crippen molar-refractivity contribution >= 4 is 23.1 Å². The van der Waals surface area contributed by atoms with Crippen LogP contribution in [0.3, 0.4) is 0 Å². The van der Waals surface area contributed by atoms with Crippen LogP contribution in [0, 0.1) is 17.1 Å². The van der Waals surface area contributed by atoms with E-state index in [0.29, 0.717) is 0 Å². The minimum absolute atomic E-state index is 0.173. The van der Waals surface area contributed by atoms with Gasteiger partial charge in [0.2, 0.25) is 0 Å². The first-order chi connectivity index (χ1) is 6.11. The number of pyridine rings is 1. The van der Waals surface area contributed by atoms with E-state index in [1.54, 1.807) is 6.07 Å². The number of anilines is 2. The number of rotatable bonds is 1. The molecule has 0 saturated carbocycles. The molecule has 0 unspecified atom stereocenters. The fourth-order valence-electron chi connectivity index (χ4n) is 0.731. The van der Waals surface area contributed by atoms with Crippen molar-refractivity contribution in [1.82, 2.24) is 4.98 Å². The molecule has 5 nitrogen and oxygen atoms in total. The molecule has 1 rings (SSSR count). The van der Waals surface area contributed by atoms with E-state index in [-0.39, 0.29) is 22.2 Å². The average Bonchev–Trinajstić information content (AvgIpc) is 2.15. The zero-order chi connectivity index (χ0) is 10.0. The van der Waals surface area contributed by atoms with Crippen molar-refractivity contribution in [2.24, 2.45) is 5.84 Å². The van der Waals surface area contributed by atoms with E-state index in [9.17, 15) is 4.39 Å². The number of nitrogens with one attached hydrogen (secondary N) is 1. The van der Waals surface area contributed by atoms with Crippen LogP contribution in [0.15, 0.2) is 0 Å².